The lowest BCUT2D eigenvalue weighted by Crippen LogP contribution is -2.00. The highest BCUT2D eigenvalue weighted by Crippen LogP contribution is 2.37. The summed E-state index contributed by atoms with van der Waals surface area (Å²) >= 11 is 0. The highest BCUT2D eigenvalue weighted by Gasteiger charge is 2.33. The number of nitrogens with zero attached hydrogens (tertiary/aromatic N) is 1. The minimum atomic E-state index is -0.319. The zero-order chi connectivity index (χ0) is 18.1. The fourth-order valence-corrected chi connectivity index (χ4v) is 3.38. The summed E-state index contributed by atoms with van der Waals surface area (Å²) in [5.41, 5.74) is 5.04. The number of nitrogens with one attached hydrogen (secondary N) is 1. The van der Waals surface area contributed by atoms with Crippen LogP contribution >= 0.6 is 0 Å². The van der Waals surface area contributed by atoms with E-state index in [1.807, 2.05) is 42.5 Å². The maximum absolute atomic E-state index is 12.5. The maximum atomic E-state index is 12.5. The number of aliphatic imine (C=N–C) groups is 1. The van der Waals surface area contributed by atoms with Crippen molar-refractivity contribution in [1.82, 2.24) is 4.98 Å². The van der Waals surface area contributed by atoms with Crippen LogP contribution in [0.5, 0.6) is 5.88 Å². The molecule has 0 spiro atoms. The van der Waals surface area contributed by atoms with Crippen LogP contribution in [0.25, 0.3) is 11.3 Å². The van der Waals surface area contributed by atoms with Gasteiger partial charge in [-0.05, 0) is 24.0 Å². The molecule has 0 radical (unpaired) electrons. The molecule has 2 N–H and O–H groups in total. The Bertz CT molecular complexity index is 983. The average molecular weight is 344 g/mol. The zero-order valence-electron chi connectivity index (χ0n) is 14.6. The molecule has 1 aliphatic heterocycles. The van der Waals surface area contributed by atoms with Crippen LogP contribution in [0.3, 0.4) is 0 Å². The number of fused-ring (bicyclic) bond motifs is 1. The molecule has 1 aromatic heterocycles. The molecule has 1 amide bonds. The molecule has 4 nitrogen and oxygen atoms in total. The van der Waals surface area contributed by atoms with Crippen LogP contribution in [0.15, 0.2) is 59.6 Å². The van der Waals surface area contributed by atoms with Gasteiger partial charge in [0.1, 0.15) is 0 Å². The fraction of sp³-hybridized carbons (Fsp3) is 0.182. The van der Waals surface area contributed by atoms with E-state index in [9.17, 15) is 9.90 Å². The Morgan fingerprint density at radius 2 is 1.69 bits per heavy atom. The van der Waals surface area contributed by atoms with Crippen LogP contribution in [-0.2, 0) is 6.42 Å². The molecule has 0 fully saturated rings. The molecule has 4 heteroatoms. The molecule has 26 heavy (non-hydrogen) atoms. The Hall–Kier alpha value is -3.14. The molecule has 0 saturated heterocycles. The second kappa shape index (κ2) is 6.64. The van der Waals surface area contributed by atoms with E-state index in [-0.39, 0.29) is 11.8 Å². The van der Waals surface area contributed by atoms with Crippen molar-refractivity contribution in [1.29, 1.82) is 0 Å². The summed E-state index contributed by atoms with van der Waals surface area (Å²) in [7, 11) is 0. The molecule has 0 unspecified atom stereocenters. The first-order chi connectivity index (χ1) is 12.7. The fourth-order valence-electron chi connectivity index (χ4n) is 3.38. The van der Waals surface area contributed by atoms with Crippen molar-refractivity contribution in [2.24, 2.45) is 4.99 Å². The van der Waals surface area contributed by atoms with E-state index in [0.29, 0.717) is 22.5 Å². The number of hydrogen-bond donors (Lipinski definition) is 2. The van der Waals surface area contributed by atoms with E-state index < -0.39 is 0 Å². The second-order valence-corrected chi connectivity index (χ2v) is 6.53. The summed E-state index contributed by atoms with van der Waals surface area (Å²) in [5, 5.41) is 10.4. The monoisotopic (exact) mass is 344 g/mol. The highest BCUT2D eigenvalue weighted by atomic mass is 16.3. The maximum Gasteiger partial charge on any atom is 0.280 e. The highest BCUT2D eigenvalue weighted by molar-refractivity contribution is 6.30. The van der Waals surface area contributed by atoms with Crippen LogP contribution in [0.4, 0.5) is 0 Å². The first-order valence-corrected chi connectivity index (χ1v) is 8.92. The Morgan fingerprint density at radius 3 is 2.38 bits per heavy atom. The first kappa shape index (κ1) is 16.3. The van der Waals surface area contributed by atoms with Crippen LogP contribution in [-0.4, -0.2) is 21.7 Å². The van der Waals surface area contributed by atoms with Gasteiger partial charge in [-0.15, -0.1) is 0 Å². The second-order valence-electron chi connectivity index (χ2n) is 6.53. The standard InChI is InChI=1S/C22H20N2O2/c1-2-3-7-14-10-12-16(13-11-14)20-18-17(21(25)24-20)19(23-22(18)26)15-8-5-4-6-9-15/h4-6,8-13,23,26H,2-3,7H2,1H3. The molecular weight excluding hydrogens is 324 g/mol. The van der Waals surface area contributed by atoms with Crippen molar-refractivity contribution in [3.63, 3.8) is 0 Å². The number of hydrogen-bond acceptors (Lipinski definition) is 2. The minimum absolute atomic E-state index is 0.0153. The molecule has 3 aromatic rings. The van der Waals surface area contributed by atoms with E-state index in [2.05, 4.69) is 29.0 Å². The van der Waals surface area contributed by atoms with Gasteiger partial charge in [-0.25, -0.2) is 4.99 Å². The third-order valence-corrected chi connectivity index (χ3v) is 4.75. The summed E-state index contributed by atoms with van der Waals surface area (Å²) in [6.07, 6.45) is 3.36. The molecule has 0 bridgehead atoms. The van der Waals surface area contributed by atoms with E-state index >= 15 is 0 Å². The number of unbranched alkanes of at least 4 members (excludes halogenated alkanes) is 1. The Balaban J connectivity index is 1.73. The summed E-state index contributed by atoms with van der Waals surface area (Å²) in [5.74, 6) is -0.334. The number of aryl methyl sites for hydroxylation is 1. The Morgan fingerprint density at radius 1 is 0.962 bits per heavy atom. The molecular formula is C22H20N2O2. The van der Waals surface area contributed by atoms with Crippen molar-refractivity contribution < 1.29 is 9.90 Å². The third kappa shape index (κ3) is 2.73. The van der Waals surface area contributed by atoms with Crippen molar-refractivity contribution in [2.75, 3.05) is 0 Å². The van der Waals surface area contributed by atoms with Gasteiger partial charge in [0.05, 0.1) is 22.5 Å². The SMILES string of the molecule is CCCCc1ccc(C2=NC(=O)c3c(-c4ccccc4)[nH]c(O)c32)cc1. The Kier molecular flexibility index (Phi) is 4.17. The summed E-state index contributed by atoms with van der Waals surface area (Å²) in [6, 6.07) is 17.6. The van der Waals surface area contributed by atoms with E-state index in [4.69, 9.17) is 0 Å². The van der Waals surface area contributed by atoms with Gasteiger partial charge in [0.15, 0.2) is 5.88 Å². The molecule has 0 atom stereocenters. The number of rotatable bonds is 5. The molecule has 130 valence electrons. The van der Waals surface area contributed by atoms with Crippen LogP contribution in [0, 0.1) is 0 Å². The topological polar surface area (TPSA) is 65.5 Å². The van der Waals surface area contributed by atoms with Gasteiger partial charge in [-0.1, -0.05) is 67.9 Å². The van der Waals surface area contributed by atoms with Crippen molar-refractivity contribution in [3.8, 4) is 17.1 Å². The van der Waals surface area contributed by atoms with Gasteiger partial charge in [-0.3, -0.25) is 4.79 Å². The summed E-state index contributed by atoms with van der Waals surface area (Å²) in [4.78, 5) is 19.7. The van der Waals surface area contributed by atoms with E-state index in [0.717, 1.165) is 30.4 Å². The average Bonchev–Trinajstić information content (AvgIpc) is 3.20. The molecule has 2 aromatic carbocycles. The lowest BCUT2D eigenvalue weighted by molar-refractivity contribution is 0.101. The lowest BCUT2D eigenvalue weighted by atomic mass is 9.98. The predicted octanol–water partition coefficient (Wildman–Crippen LogP) is 4.72. The van der Waals surface area contributed by atoms with E-state index in [1.165, 1.54) is 5.56 Å². The quantitative estimate of drug-likeness (QED) is 0.703. The predicted molar refractivity (Wildman–Crippen MR) is 103 cm³/mol. The normalized spacial score (nSPS) is 13.0. The summed E-state index contributed by atoms with van der Waals surface area (Å²) < 4.78 is 0. The van der Waals surface area contributed by atoms with Gasteiger partial charge < -0.3 is 10.1 Å². The molecule has 0 aliphatic carbocycles. The smallest absolute Gasteiger partial charge is 0.280 e. The number of amides is 1. The molecule has 2 heterocycles. The summed E-state index contributed by atoms with van der Waals surface area (Å²) in [6.45, 7) is 2.17. The molecule has 0 saturated carbocycles. The van der Waals surface area contributed by atoms with Gasteiger partial charge in [0.2, 0.25) is 0 Å². The zero-order valence-corrected chi connectivity index (χ0v) is 14.6. The first-order valence-electron chi connectivity index (χ1n) is 8.92. The Labute approximate surface area is 152 Å². The van der Waals surface area contributed by atoms with Crippen LogP contribution in [0.1, 0.15) is 46.8 Å². The number of H-pyrrole nitrogens is 1. The number of carbonyl (C=O) groups excluding carboxylic acids is 1. The minimum Gasteiger partial charge on any atom is -0.494 e. The van der Waals surface area contributed by atoms with Crippen LogP contribution < -0.4 is 0 Å². The van der Waals surface area contributed by atoms with Gasteiger partial charge in [-0.2, -0.15) is 0 Å². The number of aromatic amines is 1. The van der Waals surface area contributed by atoms with Gasteiger partial charge in [0.25, 0.3) is 5.91 Å². The number of aromatic nitrogens is 1. The third-order valence-electron chi connectivity index (χ3n) is 4.75. The number of aromatic hydroxyl groups is 1. The lowest BCUT2D eigenvalue weighted by Gasteiger charge is -2.04. The number of benzene rings is 2. The van der Waals surface area contributed by atoms with Crippen molar-refractivity contribution >= 4 is 11.6 Å². The van der Waals surface area contributed by atoms with Crippen molar-refractivity contribution in [3.05, 3.63) is 76.9 Å². The molecule has 4 rings (SSSR count). The largest absolute Gasteiger partial charge is 0.494 e. The van der Waals surface area contributed by atoms with Crippen LogP contribution in [0.2, 0.25) is 0 Å². The molecule has 1 aliphatic rings. The van der Waals surface area contributed by atoms with Crippen molar-refractivity contribution in [2.45, 2.75) is 26.2 Å². The number of carbonyl (C=O) groups is 1. The van der Waals surface area contributed by atoms with E-state index in [1.54, 1.807) is 0 Å². The van der Waals surface area contributed by atoms with Gasteiger partial charge in [0, 0.05) is 5.56 Å². The van der Waals surface area contributed by atoms with Gasteiger partial charge >= 0.3 is 0 Å².